The van der Waals surface area contributed by atoms with Crippen LogP contribution in [0.5, 0.6) is 0 Å². The molecule has 0 unspecified atom stereocenters. The fraction of sp³-hybridized carbons (Fsp3) is 0.125. The Morgan fingerprint density at radius 3 is 2.26 bits per heavy atom. The van der Waals surface area contributed by atoms with E-state index in [1.165, 1.54) is 11.8 Å². The molecule has 0 spiro atoms. The third-order valence-corrected chi connectivity index (χ3v) is 6.05. The lowest BCUT2D eigenvalue weighted by atomic mass is 10.2. The fourth-order valence-corrected chi connectivity index (χ4v) is 4.11. The zero-order valence-corrected chi connectivity index (χ0v) is 18.6. The summed E-state index contributed by atoms with van der Waals surface area (Å²) in [7, 11) is 1.78. The van der Waals surface area contributed by atoms with E-state index in [1.54, 1.807) is 11.9 Å². The Bertz CT molecular complexity index is 1150. The van der Waals surface area contributed by atoms with Gasteiger partial charge in [0.15, 0.2) is 11.0 Å². The van der Waals surface area contributed by atoms with E-state index >= 15 is 0 Å². The third kappa shape index (κ3) is 5.16. The highest BCUT2D eigenvalue weighted by Crippen LogP contribution is 2.27. The topological polar surface area (TPSA) is 51.0 Å². The molecule has 0 aliphatic heterocycles. The number of thioether (sulfide) groups is 1. The molecule has 0 N–H and O–H groups in total. The van der Waals surface area contributed by atoms with E-state index in [9.17, 15) is 4.79 Å². The number of amides is 1. The van der Waals surface area contributed by atoms with Crippen LogP contribution in [0.4, 0.5) is 5.69 Å². The first-order valence-electron chi connectivity index (χ1n) is 9.79. The second-order valence-corrected chi connectivity index (χ2v) is 8.34. The van der Waals surface area contributed by atoms with Crippen LogP contribution in [0.15, 0.2) is 90.1 Å². The molecule has 0 aliphatic rings. The largest absolute Gasteiger partial charge is 0.315 e. The summed E-state index contributed by atoms with van der Waals surface area (Å²) in [6.07, 6.45) is 0. The highest BCUT2D eigenvalue weighted by Gasteiger charge is 2.18. The van der Waals surface area contributed by atoms with Crippen molar-refractivity contribution < 1.29 is 4.79 Å². The SMILES string of the molecule is CN(C(=O)CSc1nnc(-c2ccc(Cl)cc2)n1Cc1ccccc1)c1ccccc1. The van der Waals surface area contributed by atoms with Crippen LogP contribution in [0.2, 0.25) is 5.02 Å². The van der Waals surface area contributed by atoms with Gasteiger partial charge in [0.25, 0.3) is 0 Å². The van der Waals surface area contributed by atoms with Crippen molar-refractivity contribution in [3.8, 4) is 11.4 Å². The summed E-state index contributed by atoms with van der Waals surface area (Å²) in [5.41, 5.74) is 2.92. The summed E-state index contributed by atoms with van der Waals surface area (Å²) in [6.45, 7) is 0.608. The number of nitrogens with zero attached hydrogens (tertiary/aromatic N) is 4. The predicted octanol–water partition coefficient (Wildman–Crippen LogP) is 5.40. The van der Waals surface area contributed by atoms with Gasteiger partial charge in [0, 0.05) is 23.3 Å². The zero-order chi connectivity index (χ0) is 21.6. The molecule has 0 fully saturated rings. The molecule has 0 atom stereocenters. The number of anilines is 1. The van der Waals surface area contributed by atoms with Crippen LogP contribution in [0, 0.1) is 0 Å². The Hall–Kier alpha value is -3.09. The Morgan fingerprint density at radius 2 is 1.58 bits per heavy atom. The number of para-hydroxylation sites is 1. The summed E-state index contributed by atoms with van der Waals surface area (Å²) in [5.74, 6) is 1.00. The standard InChI is InChI=1S/C24H21ClN4OS/c1-28(21-10-6-3-7-11-21)22(30)17-31-24-27-26-23(19-12-14-20(25)15-13-19)29(24)16-18-8-4-2-5-9-18/h2-15H,16-17H2,1H3. The molecule has 0 saturated carbocycles. The molecule has 1 amide bonds. The van der Waals surface area contributed by atoms with E-state index in [-0.39, 0.29) is 11.7 Å². The van der Waals surface area contributed by atoms with Crippen molar-refractivity contribution in [2.75, 3.05) is 17.7 Å². The van der Waals surface area contributed by atoms with Crippen LogP contribution >= 0.6 is 23.4 Å². The first-order valence-corrected chi connectivity index (χ1v) is 11.2. The molecule has 1 aromatic heterocycles. The number of halogens is 1. The lowest BCUT2D eigenvalue weighted by molar-refractivity contribution is -0.115. The molecular formula is C24H21ClN4OS. The molecule has 31 heavy (non-hydrogen) atoms. The van der Waals surface area contributed by atoms with Crippen molar-refractivity contribution in [2.24, 2.45) is 0 Å². The Kier molecular flexibility index (Phi) is 6.70. The molecule has 5 nitrogen and oxygen atoms in total. The summed E-state index contributed by atoms with van der Waals surface area (Å²) in [5, 5.41) is 10.2. The highest BCUT2D eigenvalue weighted by molar-refractivity contribution is 7.99. The number of carbonyl (C=O) groups is 1. The maximum atomic E-state index is 12.7. The predicted molar refractivity (Wildman–Crippen MR) is 127 cm³/mol. The van der Waals surface area contributed by atoms with Gasteiger partial charge in [0.2, 0.25) is 5.91 Å². The van der Waals surface area contributed by atoms with Crippen molar-refractivity contribution in [1.29, 1.82) is 0 Å². The number of hydrogen-bond donors (Lipinski definition) is 0. The molecule has 156 valence electrons. The second kappa shape index (κ2) is 9.81. The summed E-state index contributed by atoms with van der Waals surface area (Å²) >= 11 is 7.44. The van der Waals surface area contributed by atoms with Crippen LogP contribution in [0.25, 0.3) is 11.4 Å². The van der Waals surface area contributed by atoms with Gasteiger partial charge < -0.3 is 4.90 Å². The number of aromatic nitrogens is 3. The lowest BCUT2D eigenvalue weighted by Crippen LogP contribution is -2.28. The average Bonchev–Trinajstić information content (AvgIpc) is 3.21. The van der Waals surface area contributed by atoms with Crippen LogP contribution in [0.1, 0.15) is 5.56 Å². The molecule has 0 saturated heterocycles. The van der Waals surface area contributed by atoms with Gasteiger partial charge in [-0.15, -0.1) is 10.2 Å². The zero-order valence-electron chi connectivity index (χ0n) is 17.0. The molecule has 0 bridgehead atoms. The molecule has 7 heteroatoms. The lowest BCUT2D eigenvalue weighted by Gasteiger charge is -2.17. The van der Waals surface area contributed by atoms with Crippen molar-refractivity contribution in [1.82, 2.24) is 14.8 Å². The highest BCUT2D eigenvalue weighted by atomic mass is 35.5. The van der Waals surface area contributed by atoms with E-state index < -0.39 is 0 Å². The van der Waals surface area contributed by atoms with Gasteiger partial charge in [-0.3, -0.25) is 9.36 Å². The smallest absolute Gasteiger partial charge is 0.237 e. The minimum atomic E-state index is -0.00139. The molecular weight excluding hydrogens is 428 g/mol. The van der Waals surface area contributed by atoms with Crippen molar-refractivity contribution in [2.45, 2.75) is 11.7 Å². The molecule has 0 aliphatic carbocycles. The Morgan fingerprint density at radius 1 is 0.935 bits per heavy atom. The van der Waals surface area contributed by atoms with Gasteiger partial charge in [-0.1, -0.05) is 71.9 Å². The molecule has 4 aromatic rings. The first-order chi connectivity index (χ1) is 15.1. The molecule has 0 radical (unpaired) electrons. The average molecular weight is 449 g/mol. The quantitative estimate of drug-likeness (QED) is 0.355. The van der Waals surface area contributed by atoms with E-state index in [1.807, 2.05) is 77.4 Å². The van der Waals surface area contributed by atoms with Crippen LogP contribution in [0.3, 0.4) is 0 Å². The summed E-state index contributed by atoms with van der Waals surface area (Å²) in [6, 6.07) is 27.3. The second-order valence-electron chi connectivity index (χ2n) is 6.96. The third-order valence-electron chi connectivity index (χ3n) is 4.85. The Balaban J connectivity index is 1.58. The van der Waals surface area contributed by atoms with Crippen LogP contribution in [-0.2, 0) is 11.3 Å². The number of benzene rings is 3. The van der Waals surface area contributed by atoms with E-state index in [0.717, 1.165) is 22.6 Å². The first kappa shape index (κ1) is 21.2. The maximum absolute atomic E-state index is 12.7. The maximum Gasteiger partial charge on any atom is 0.237 e. The summed E-state index contributed by atoms with van der Waals surface area (Å²) < 4.78 is 2.04. The number of rotatable bonds is 7. The van der Waals surface area contributed by atoms with E-state index in [2.05, 4.69) is 22.3 Å². The monoisotopic (exact) mass is 448 g/mol. The molecule has 3 aromatic carbocycles. The minimum absolute atomic E-state index is 0.00139. The number of carbonyl (C=O) groups excluding carboxylic acids is 1. The van der Waals surface area contributed by atoms with Gasteiger partial charge >= 0.3 is 0 Å². The number of hydrogen-bond acceptors (Lipinski definition) is 4. The normalized spacial score (nSPS) is 10.8. The van der Waals surface area contributed by atoms with Crippen LogP contribution < -0.4 is 4.90 Å². The minimum Gasteiger partial charge on any atom is -0.315 e. The molecule has 4 rings (SSSR count). The van der Waals surface area contributed by atoms with Gasteiger partial charge in [0.1, 0.15) is 0 Å². The molecule has 1 heterocycles. The van der Waals surface area contributed by atoms with Crippen molar-refractivity contribution in [3.63, 3.8) is 0 Å². The van der Waals surface area contributed by atoms with Crippen LogP contribution in [-0.4, -0.2) is 33.5 Å². The van der Waals surface area contributed by atoms with Gasteiger partial charge in [0.05, 0.1) is 12.3 Å². The van der Waals surface area contributed by atoms with E-state index in [0.29, 0.717) is 16.7 Å². The van der Waals surface area contributed by atoms with Crippen molar-refractivity contribution >= 4 is 35.0 Å². The summed E-state index contributed by atoms with van der Waals surface area (Å²) in [4.78, 5) is 14.4. The van der Waals surface area contributed by atoms with E-state index in [4.69, 9.17) is 11.6 Å². The van der Waals surface area contributed by atoms with Gasteiger partial charge in [-0.05, 0) is 42.0 Å². The van der Waals surface area contributed by atoms with Gasteiger partial charge in [-0.2, -0.15) is 0 Å². The van der Waals surface area contributed by atoms with Crippen molar-refractivity contribution in [3.05, 3.63) is 95.5 Å². The Labute approximate surface area is 190 Å². The van der Waals surface area contributed by atoms with Gasteiger partial charge in [-0.25, -0.2) is 0 Å². The fourth-order valence-electron chi connectivity index (χ4n) is 3.14.